The molecule has 0 saturated carbocycles. The monoisotopic (exact) mass is 325 g/mol. The van der Waals surface area contributed by atoms with Gasteiger partial charge >= 0.3 is 0 Å². The largest absolute Gasteiger partial charge is 0.495 e. The number of rotatable bonds is 5. The second-order valence-electron chi connectivity index (χ2n) is 4.64. The van der Waals surface area contributed by atoms with Gasteiger partial charge in [0, 0.05) is 16.6 Å². The van der Waals surface area contributed by atoms with Gasteiger partial charge in [-0.15, -0.1) is 0 Å². The van der Waals surface area contributed by atoms with Crippen LogP contribution in [0.15, 0.2) is 36.4 Å². The van der Waals surface area contributed by atoms with Crippen molar-refractivity contribution in [3.63, 3.8) is 0 Å². The van der Waals surface area contributed by atoms with Gasteiger partial charge in [0.05, 0.1) is 14.2 Å². The molecule has 1 unspecified atom stereocenters. The smallest absolute Gasteiger partial charge is 0.146 e. The zero-order valence-corrected chi connectivity index (χ0v) is 13.4. The van der Waals surface area contributed by atoms with E-state index in [9.17, 15) is 0 Å². The van der Waals surface area contributed by atoms with Crippen LogP contribution in [0, 0.1) is 0 Å². The highest BCUT2D eigenvalue weighted by Crippen LogP contribution is 2.39. The third-order valence-electron chi connectivity index (χ3n) is 3.28. The molecule has 0 aliphatic rings. The Kier molecular flexibility index (Phi) is 5.34. The summed E-state index contributed by atoms with van der Waals surface area (Å²) >= 11 is 12.1. The second kappa shape index (κ2) is 7.03. The molecule has 0 radical (unpaired) electrons. The lowest BCUT2D eigenvalue weighted by molar-refractivity contribution is 0.389. The molecule has 2 N–H and O–H groups in total. The average molecular weight is 326 g/mol. The highest BCUT2D eigenvalue weighted by Gasteiger charge is 2.18. The van der Waals surface area contributed by atoms with Gasteiger partial charge in [-0.25, -0.2) is 0 Å². The van der Waals surface area contributed by atoms with Gasteiger partial charge in [-0.2, -0.15) is 0 Å². The van der Waals surface area contributed by atoms with Crippen molar-refractivity contribution >= 4 is 23.2 Å². The molecule has 3 nitrogen and oxygen atoms in total. The maximum absolute atomic E-state index is 6.29. The van der Waals surface area contributed by atoms with Crippen molar-refractivity contribution in [3.05, 3.63) is 57.6 Å². The van der Waals surface area contributed by atoms with Gasteiger partial charge in [-0.3, -0.25) is 0 Å². The zero-order chi connectivity index (χ0) is 15.4. The van der Waals surface area contributed by atoms with E-state index in [1.165, 1.54) is 0 Å². The molecular formula is C16H17Cl2NO2. The molecule has 0 aromatic heterocycles. The SMILES string of the molecule is COc1ccc(C(N)Cc2ccc(Cl)cc2)c(OC)c1Cl. The van der Waals surface area contributed by atoms with Crippen molar-refractivity contribution in [1.29, 1.82) is 0 Å². The molecular weight excluding hydrogens is 309 g/mol. The molecule has 0 spiro atoms. The third-order valence-corrected chi connectivity index (χ3v) is 3.89. The van der Waals surface area contributed by atoms with Crippen LogP contribution in [0.1, 0.15) is 17.2 Å². The van der Waals surface area contributed by atoms with E-state index in [-0.39, 0.29) is 6.04 Å². The Hall–Kier alpha value is -1.42. The van der Waals surface area contributed by atoms with Gasteiger partial charge in [0.25, 0.3) is 0 Å². The van der Waals surface area contributed by atoms with Gasteiger partial charge < -0.3 is 15.2 Å². The lowest BCUT2D eigenvalue weighted by Gasteiger charge is -2.18. The summed E-state index contributed by atoms with van der Waals surface area (Å²) in [5.41, 5.74) is 8.23. The molecule has 2 aromatic carbocycles. The van der Waals surface area contributed by atoms with Crippen LogP contribution < -0.4 is 15.2 Å². The fourth-order valence-electron chi connectivity index (χ4n) is 2.19. The van der Waals surface area contributed by atoms with Crippen molar-refractivity contribution in [2.45, 2.75) is 12.5 Å². The van der Waals surface area contributed by atoms with Crippen LogP contribution in [0.2, 0.25) is 10.0 Å². The Bertz CT molecular complexity index is 614. The first-order chi connectivity index (χ1) is 10.1. The van der Waals surface area contributed by atoms with Crippen molar-refractivity contribution in [2.24, 2.45) is 5.73 Å². The number of benzene rings is 2. The summed E-state index contributed by atoms with van der Waals surface area (Å²) in [6.07, 6.45) is 0.663. The van der Waals surface area contributed by atoms with Gasteiger partial charge in [0.1, 0.15) is 16.5 Å². The molecule has 2 rings (SSSR count). The van der Waals surface area contributed by atoms with Gasteiger partial charge in [-0.05, 0) is 36.2 Å². The molecule has 21 heavy (non-hydrogen) atoms. The van der Waals surface area contributed by atoms with Gasteiger partial charge in [0.2, 0.25) is 0 Å². The van der Waals surface area contributed by atoms with Crippen LogP contribution in [0.25, 0.3) is 0 Å². The zero-order valence-electron chi connectivity index (χ0n) is 11.9. The van der Waals surface area contributed by atoms with Crippen LogP contribution in [0.4, 0.5) is 0 Å². The Labute approximate surface area is 134 Å². The highest BCUT2D eigenvalue weighted by atomic mass is 35.5. The Balaban J connectivity index is 2.28. The molecule has 1 atom stereocenters. The Morgan fingerprint density at radius 3 is 2.24 bits per heavy atom. The van der Waals surface area contributed by atoms with E-state index in [1.54, 1.807) is 20.3 Å². The molecule has 0 bridgehead atoms. The molecule has 2 aromatic rings. The molecule has 0 saturated heterocycles. The summed E-state index contributed by atoms with van der Waals surface area (Å²) in [5.74, 6) is 1.12. The second-order valence-corrected chi connectivity index (χ2v) is 5.46. The maximum Gasteiger partial charge on any atom is 0.146 e. The molecule has 0 aliphatic heterocycles. The minimum Gasteiger partial charge on any atom is -0.495 e. The van der Waals surface area contributed by atoms with Crippen LogP contribution >= 0.6 is 23.2 Å². The minimum atomic E-state index is -0.232. The summed E-state index contributed by atoms with van der Waals surface area (Å²) in [6.45, 7) is 0. The maximum atomic E-state index is 6.29. The molecule has 0 amide bonds. The van der Waals surface area contributed by atoms with Crippen molar-refractivity contribution in [1.82, 2.24) is 0 Å². The summed E-state index contributed by atoms with van der Waals surface area (Å²) in [7, 11) is 3.13. The van der Waals surface area contributed by atoms with E-state index in [0.717, 1.165) is 11.1 Å². The Morgan fingerprint density at radius 1 is 1.00 bits per heavy atom. The standard InChI is InChI=1S/C16H17Cl2NO2/c1-20-14-8-7-12(16(21-2)15(14)18)13(19)9-10-3-5-11(17)6-4-10/h3-8,13H,9,19H2,1-2H3. The number of halogens is 2. The minimum absolute atomic E-state index is 0.232. The van der Waals surface area contributed by atoms with E-state index in [1.807, 2.05) is 30.3 Å². The average Bonchev–Trinajstić information content (AvgIpc) is 2.49. The van der Waals surface area contributed by atoms with Crippen LogP contribution in [-0.2, 0) is 6.42 Å². The van der Waals surface area contributed by atoms with Crippen molar-refractivity contribution in [3.8, 4) is 11.5 Å². The predicted molar refractivity (Wildman–Crippen MR) is 86.6 cm³/mol. The summed E-state index contributed by atoms with van der Waals surface area (Å²) in [4.78, 5) is 0. The topological polar surface area (TPSA) is 44.5 Å². The quantitative estimate of drug-likeness (QED) is 0.893. The van der Waals surface area contributed by atoms with Crippen LogP contribution in [-0.4, -0.2) is 14.2 Å². The van der Waals surface area contributed by atoms with E-state index in [4.69, 9.17) is 38.4 Å². The van der Waals surface area contributed by atoms with Crippen LogP contribution in [0.5, 0.6) is 11.5 Å². The number of methoxy groups -OCH3 is 2. The first-order valence-corrected chi connectivity index (χ1v) is 7.22. The molecule has 112 valence electrons. The molecule has 0 heterocycles. The third kappa shape index (κ3) is 3.62. The van der Waals surface area contributed by atoms with Crippen LogP contribution in [0.3, 0.4) is 0 Å². The number of nitrogens with two attached hydrogens (primary N) is 1. The fourth-order valence-corrected chi connectivity index (χ4v) is 2.65. The summed E-state index contributed by atoms with van der Waals surface area (Å²) in [6, 6.07) is 11.1. The number of hydrogen-bond donors (Lipinski definition) is 1. The summed E-state index contributed by atoms with van der Waals surface area (Å²) in [5, 5.41) is 1.14. The molecule has 0 aliphatic carbocycles. The highest BCUT2D eigenvalue weighted by molar-refractivity contribution is 6.33. The molecule has 5 heteroatoms. The lowest BCUT2D eigenvalue weighted by atomic mass is 9.98. The van der Waals surface area contributed by atoms with E-state index in [0.29, 0.717) is 28.0 Å². The molecule has 0 fully saturated rings. The summed E-state index contributed by atoms with van der Waals surface area (Å²) < 4.78 is 10.6. The first-order valence-electron chi connectivity index (χ1n) is 6.47. The number of hydrogen-bond acceptors (Lipinski definition) is 3. The Morgan fingerprint density at radius 2 is 1.67 bits per heavy atom. The number of ether oxygens (including phenoxy) is 2. The normalized spacial score (nSPS) is 12.0. The lowest BCUT2D eigenvalue weighted by Crippen LogP contribution is -2.14. The van der Waals surface area contributed by atoms with Gasteiger partial charge in [0.15, 0.2) is 0 Å². The van der Waals surface area contributed by atoms with E-state index >= 15 is 0 Å². The first kappa shape index (κ1) is 16.0. The fraction of sp³-hybridized carbons (Fsp3) is 0.250. The van der Waals surface area contributed by atoms with E-state index < -0.39 is 0 Å². The predicted octanol–water partition coefficient (Wildman–Crippen LogP) is 4.25. The van der Waals surface area contributed by atoms with E-state index in [2.05, 4.69) is 0 Å². The van der Waals surface area contributed by atoms with Crippen molar-refractivity contribution < 1.29 is 9.47 Å². The van der Waals surface area contributed by atoms with Gasteiger partial charge in [-0.1, -0.05) is 35.3 Å². The van der Waals surface area contributed by atoms with Crippen molar-refractivity contribution in [2.75, 3.05) is 14.2 Å².